The quantitative estimate of drug-likeness (QED) is 0.867. The van der Waals surface area contributed by atoms with Gasteiger partial charge < -0.3 is 15.0 Å². The molecule has 1 fully saturated rings. The number of carbonyl (C=O) groups excluding carboxylic acids is 1. The second-order valence-corrected chi connectivity index (χ2v) is 7.41. The summed E-state index contributed by atoms with van der Waals surface area (Å²) in [5.74, 6) is 0.611. The maximum atomic E-state index is 12.2. The zero-order valence-corrected chi connectivity index (χ0v) is 14.8. The summed E-state index contributed by atoms with van der Waals surface area (Å²) in [6.45, 7) is 10.2. The van der Waals surface area contributed by atoms with Gasteiger partial charge in [-0.3, -0.25) is 4.79 Å². The number of nitrogens with one attached hydrogen (secondary N) is 1. The van der Waals surface area contributed by atoms with E-state index in [0.29, 0.717) is 11.9 Å². The predicted molar refractivity (Wildman–Crippen MR) is 91.7 cm³/mol. The number of morpholine rings is 1. The Bertz CT molecular complexity index is 543. The number of hydrogen-bond acceptors (Lipinski definition) is 5. The molecule has 0 radical (unpaired) electrons. The minimum absolute atomic E-state index is 0.0252. The molecular weight excluding hydrogens is 298 g/mol. The van der Waals surface area contributed by atoms with E-state index in [-0.39, 0.29) is 5.91 Å². The van der Waals surface area contributed by atoms with E-state index >= 15 is 0 Å². The molecular formula is C16H25N3O2S. The van der Waals surface area contributed by atoms with Gasteiger partial charge in [0, 0.05) is 18.0 Å². The van der Waals surface area contributed by atoms with Gasteiger partial charge in [-0.1, -0.05) is 20.8 Å². The fourth-order valence-corrected chi connectivity index (χ4v) is 2.78. The first kappa shape index (κ1) is 17.1. The van der Waals surface area contributed by atoms with Crippen LogP contribution >= 0.6 is 11.8 Å². The van der Waals surface area contributed by atoms with Crippen LogP contribution in [-0.2, 0) is 9.53 Å². The molecule has 0 saturated carbocycles. The Labute approximate surface area is 136 Å². The molecule has 22 heavy (non-hydrogen) atoms. The van der Waals surface area contributed by atoms with Gasteiger partial charge in [0.2, 0.25) is 5.91 Å². The van der Waals surface area contributed by atoms with E-state index in [9.17, 15) is 4.79 Å². The molecule has 0 aromatic carbocycles. The minimum atomic E-state index is -0.436. The van der Waals surface area contributed by atoms with Crippen molar-refractivity contribution >= 4 is 29.2 Å². The predicted octanol–water partition coefficient (Wildman–Crippen LogP) is 3.01. The maximum Gasteiger partial charge on any atom is 0.230 e. The molecule has 1 aromatic rings. The molecule has 2 rings (SSSR count). The molecule has 6 heteroatoms. The van der Waals surface area contributed by atoms with Crippen molar-refractivity contribution in [3.8, 4) is 0 Å². The minimum Gasteiger partial charge on any atom is -0.377 e. The summed E-state index contributed by atoms with van der Waals surface area (Å²) in [5, 5.41) is 2.93. The van der Waals surface area contributed by atoms with Gasteiger partial charge in [-0.25, -0.2) is 4.98 Å². The molecule has 0 bridgehead atoms. The number of pyridine rings is 1. The first-order valence-electron chi connectivity index (χ1n) is 7.53. The van der Waals surface area contributed by atoms with Crippen molar-refractivity contribution in [1.29, 1.82) is 0 Å². The van der Waals surface area contributed by atoms with Crippen LogP contribution in [0.3, 0.4) is 0 Å². The fourth-order valence-electron chi connectivity index (χ4n) is 2.25. The van der Waals surface area contributed by atoms with Gasteiger partial charge in [0.05, 0.1) is 30.0 Å². The second-order valence-electron chi connectivity index (χ2n) is 6.57. The van der Waals surface area contributed by atoms with E-state index in [0.717, 1.165) is 30.3 Å². The Morgan fingerprint density at radius 2 is 2.23 bits per heavy atom. The molecule has 1 aromatic heterocycles. The van der Waals surface area contributed by atoms with Crippen molar-refractivity contribution in [3.05, 3.63) is 12.3 Å². The van der Waals surface area contributed by atoms with Gasteiger partial charge in [0.15, 0.2) is 0 Å². The second kappa shape index (κ2) is 6.87. The number of carbonyl (C=O) groups is 1. The number of hydrogen-bond donors (Lipinski definition) is 1. The number of rotatable bonds is 3. The van der Waals surface area contributed by atoms with Crippen molar-refractivity contribution in [2.75, 3.05) is 36.2 Å². The number of nitrogens with zero attached hydrogens (tertiary/aromatic N) is 2. The third kappa shape index (κ3) is 3.93. The number of ether oxygens (including phenoxy) is 1. The molecule has 0 spiro atoms. The Morgan fingerprint density at radius 1 is 1.50 bits per heavy atom. The lowest BCUT2D eigenvalue weighted by Gasteiger charge is -2.35. The summed E-state index contributed by atoms with van der Waals surface area (Å²) in [6.07, 6.45) is 3.83. The lowest BCUT2D eigenvalue weighted by Crippen LogP contribution is -2.43. The Hall–Kier alpha value is -1.27. The smallest absolute Gasteiger partial charge is 0.230 e. The number of thioether (sulfide) groups is 1. The van der Waals surface area contributed by atoms with Crippen LogP contribution in [0.5, 0.6) is 0 Å². The van der Waals surface area contributed by atoms with Crippen LogP contribution in [0.1, 0.15) is 27.7 Å². The highest BCUT2D eigenvalue weighted by Crippen LogP contribution is 2.30. The number of amides is 1. The monoisotopic (exact) mass is 323 g/mol. The first-order chi connectivity index (χ1) is 10.3. The third-order valence-corrected chi connectivity index (χ3v) is 4.42. The molecule has 1 aliphatic rings. The molecule has 2 heterocycles. The number of aromatic nitrogens is 1. The molecule has 122 valence electrons. The van der Waals surface area contributed by atoms with E-state index in [1.807, 2.05) is 33.2 Å². The summed E-state index contributed by atoms with van der Waals surface area (Å²) >= 11 is 1.59. The van der Waals surface area contributed by atoms with Gasteiger partial charge in [-0.05, 0) is 19.2 Å². The summed E-state index contributed by atoms with van der Waals surface area (Å²) in [4.78, 5) is 19.9. The van der Waals surface area contributed by atoms with Crippen molar-refractivity contribution in [2.45, 2.75) is 38.6 Å². The van der Waals surface area contributed by atoms with Crippen LogP contribution in [0.15, 0.2) is 17.2 Å². The van der Waals surface area contributed by atoms with Crippen LogP contribution in [0, 0.1) is 5.41 Å². The summed E-state index contributed by atoms with van der Waals surface area (Å²) in [7, 11) is 0. The summed E-state index contributed by atoms with van der Waals surface area (Å²) in [6, 6.07) is 2.43. The van der Waals surface area contributed by atoms with Crippen LogP contribution in [0.25, 0.3) is 0 Å². The lowest BCUT2D eigenvalue weighted by atomic mass is 9.96. The molecule has 1 amide bonds. The summed E-state index contributed by atoms with van der Waals surface area (Å²) in [5.41, 5.74) is 0.642. The molecule has 0 aliphatic carbocycles. The van der Waals surface area contributed by atoms with Crippen LogP contribution in [-0.4, -0.2) is 42.9 Å². The number of anilines is 2. The van der Waals surface area contributed by atoms with E-state index in [1.165, 1.54) is 0 Å². The first-order valence-corrected chi connectivity index (χ1v) is 8.75. The highest BCUT2D eigenvalue weighted by atomic mass is 32.2. The van der Waals surface area contributed by atoms with E-state index in [4.69, 9.17) is 4.74 Å². The molecule has 5 nitrogen and oxygen atoms in total. The lowest BCUT2D eigenvalue weighted by molar-refractivity contribution is -0.123. The topological polar surface area (TPSA) is 54.5 Å². The Morgan fingerprint density at radius 3 is 2.82 bits per heavy atom. The average molecular weight is 323 g/mol. The normalized spacial score (nSPS) is 19.1. The molecule has 1 N–H and O–H groups in total. The van der Waals surface area contributed by atoms with Crippen LogP contribution in [0.4, 0.5) is 11.5 Å². The summed E-state index contributed by atoms with van der Waals surface area (Å²) < 4.78 is 5.48. The van der Waals surface area contributed by atoms with Crippen molar-refractivity contribution < 1.29 is 9.53 Å². The van der Waals surface area contributed by atoms with Crippen molar-refractivity contribution in [2.24, 2.45) is 5.41 Å². The van der Waals surface area contributed by atoms with E-state index < -0.39 is 5.41 Å². The fraction of sp³-hybridized carbons (Fsp3) is 0.625. The Kier molecular flexibility index (Phi) is 5.34. The largest absolute Gasteiger partial charge is 0.377 e. The molecule has 0 unspecified atom stereocenters. The van der Waals surface area contributed by atoms with Gasteiger partial charge in [-0.15, -0.1) is 11.8 Å². The zero-order valence-electron chi connectivity index (χ0n) is 14.0. The Balaban J connectivity index is 2.22. The standard InChI is InChI=1S/C16H25N3O2S/c1-11-10-21-7-6-19(11)12-8-13(22-5)14(17-9-12)18-15(20)16(2,3)4/h8-9,11H,6-7,10H2,1-5H3,(H,17,18,20)/t11-/m1/s1. The SMILES string of the molecule is CSc1cc(N2CCOC[C@H]2C)cnc1NC(=O)C(C)(C)C. The van der Waals surface area contributed by atoms with Crippen molar-refractivity contribution in [1.82, 2.24) is 4.98 Å². The van der Waals surface area contributed by atoms with E-state index in [2.05, 4.69) is 28.2 Å². The molecule has 1 aliphatic heterocycles. The zero-order chi connectivity index (χ0) is 16.3. The van der Waals surface area contributed by atoms with Gasteiger partial charge in [0.25, 0.3) is 0 Å². The van der Waals surface area contributed by atoms with E-state index in [1.54, 1.807) is 11.8 Å². The van der Waals surface area contributed by atoms with Crippen LogP contribution in [0.2, 0.25) is 0 Å². The van der Waals surface area contributed by atoms with Gasteiger partial charge >= 0.3 is 0 Å². The van der Waals surface area contributed by atoms with Gasteiger partial charge in [0.1, 0.15) is 5.82 Å². The highest BCUT2D eigenvalue weighted by molar-refractivity contribution is 7.98. The highest BCUT2D eigenvalue weighted by Gasteiger charge is 2.24. The van der Waals surface area contributed by atoms with Gasteiger partial charge in [-0.2, -0.15) is 0 Å². The van der Waals surface area contributed by atoms with Crippen LogP contribution < -0.4 is 10.2 Å². The molecule has 1 atom stereocenters. The third-order valence-electron chi connectivity index (χ3n) is 3.67. The van der Waals surface area contributed by atoms with Crippen molar-refractivity contribution in [3.63, 3.8) is 0 Å². The average Bonchev–Trinajstić information content (AvgIpc) is 2.47. The maximum absolute atomic E-state index is 12.2. The molecule has 1 saturated heterocycles.